The third-order valence-corrected chi connectivity index (χ3v) is 6.34. The maximum Gasteiger partial charge on any atom is 0.327 e. The average molecular weight is 362 g/mol. The summed E-state index contributed by atoms with van der Waals surface area (Å²) in [5.41, 5.74) is 0. The number of carbonyl (C=O) groups is 3. The number of hydrogen-bond donors (Lipinski definition) is 3. The minimum Gasteiger partial charge on any atom is -0.480 e. The number of carboxylic acids is 1. The van der Waals surface area contributed by atoms with Crippen LogP contribution in [0, 0.1) is 0 Å². The molecule has 9 heteroatoms. The molecule has 1 fully saturated rings. The van der Waals surface area contributed by atoms with E-state index in [9.17, 15) is 27.9 Å². The third kappa shape index (κ3) is 5.77. The minimum atomic E-state index is -3.65. The van der Waals surface area contributed by atoms with Gasteiger partial charge in [0.25, 0.3) is 0 Å². The Bertz CT molecular complexity index is 569. The van der Waals surface area contributed by atoms with E-state index >= 15 is 0 Å². The second-order valence-corrected chi connectivity index (χ2v) is 8.41. The predicted molar refractivity (Wildman–Crippen MR) is 88.1 cm³/mol. The maximum atomic E-state index is 12.5. The van der Waals surface area contributed by atoms with E-state index in [2.05, 4.69) is 10.6 Å². The van der Waals surface area contributed by atoms with E-state index in [0.717, 1.165) is 0 Å². The number of amides is 2. The van der Waals surface area contributed by atoms with Crippen molar-refractivity contribution in [3.05, 3.63) is 0 Å². The molecule has 0 unspecified atom stereocenters. The van der Waals surface area contributed by atoms with E-state index in [4.69, 9.17) is 0 Å². The molecule has 0 aliphatic carbocycles. The van der Waals surface area contributed by atoms with Crippen LogP contribution < -0.4 is 10.6 Å². The van der Waals surface area contributed by atoms with Crippen LogP contribution in [0.15, 0.2) is 0 Å². The zero-order valence-corrected chi connectivity index (χ0v) is 14.9. The molecular weight excluding hydrogens is 336 g/mol. The second-order valence-electron chi connectivity index (χ2n) is 6.09. The standard InChI is InChI=1S/C15H26N2O6S/c1-3-5-10(6-4-2)24(22,23)9-12(15(20)21)17-14(19)11-7-8-13(18)16-11/h10-12H,3-9H2,1-2H3,(H,16,18)(H,17,19)(H,20,21)/t11-,12+/m1/s1. The number of carboxylic acid groups (broad SMARTS) is 1. The van der Waals surface area contributed by atoms with Gasteiger partial charge in [0.2, 0.25) is 11.8 Å². The molecule has 0 bridgehead atoms. The first-order valence-corrected chi connectivity index (χ1v) is 9.96. The highest BCUT2D eigenvalue weighted by Gasteiger charge is 2.34. The van der Waals surface area contributed by atoms with Crippen molar-refractivity contribution < 1.29 is 27.9 Å². The van der Waals surface area contributed by atoms with Crippen LogP contribution >= 0.6 is 0 Å². The lowest BCUT2D eigenvalue weighted by molar-refractivity contribution is -0.141. The Morgan fingerprint density at radius 1 is 1.29 bits per heavy atom. The Hall–Kier alpha value is -1.64. The third-order valence-electron chi connectivity index (χ3n) is 4.05. The molecule has 0 radical (unpaired) electrons. The molecule has 8 nitrogen and oxygen atoms in total. The van der Waals surface area contributed by atoms with Crippen LogP contribution in [-0.4, -0.2) is 54.4 Å². The lowest BCUT2D eigenvalue weighted by Gasteiger charge is -2.21. The fourth-order valence-corrected chi connectivity index (χ4v) is 4.93. The Morgan fingerprint density at radius 3 is 2.29 bits per heavy atom. The summed E-state index contributed by atoms with van der Waals surface area (Å²) in [6.07, 6.45) is 2.77. The van der Waals surface area contributed by atoms with Gasteiger partial charge in [0.1, 0.15) is 12.1 Å². The SMILES string of the molecule is CCCC(CCC)S(=O)(=O)C[C@H](NC(=O)[C@H]1CCC(=O)N1)C(=O)O. The fraction of sp³-hybridized carbons (Fsp3) is 0.800. The summed E-state index contributed by atoms with van der Waals surface area (Å²) in [7, 11) is -3.65. The van der Waals surface area contributed by atoms with Gasteiger partial charge >= 0.3 is 5.97 Å². The molecule has 2 amide bonds. The van der Waals surface area contributed by atoms with E-state index < -0.39 is 44.8 Å². The van der Waals surface area contributed by atoms with E-state index in [1.54, 1.807) is 0 Å². The molecule has 0 aromatic heterocycles. The smallest absolute Gasteiger partial charge is 0.327 e. The first-order chi connectivity index (χ1) is 11.2. The van der Waals surface area contributed by atoms with Gasteiger partial charge in [-0.25, -0.2) is 13.2 Å². The van der Waals surface area contributed by atoms with Gasteiger partial charge in [-0.15, -0.1) is 0 Å². The Labute approximate surface area is 142 Å². The van der Waals surface area contributed by atoms with E-state index in [-0.39, 0.29) is 18.7 Å². The molecule has 24 heavy (non-hydrogen) atoms. The van der Waals surface area contributed by atoms with Gasteiger partial charge in [0, 0.05) is 6.42 Å². The van der Waals surface area contributed by atoms with Crippen LogP contribution in [0.5, 0.6) is 0 Å². The maximum absolute atomic E-state index is 12.5. The number of rotatable bonds is 10. The van der Waals surface area contributed by atoms with E-state index in [1.807, 2.05) is 13.8 Å². The number of sulfone groups is 1. The van der Waals surface area contributed by atoms with Gasteiger partial charge in [-0.05, 0) is 19.3 Å². The largest absolute Gasteiger partial charge is 0.480 e. The van der Waals surface area contributed by atoms with Gasteiger partial charge < -0.3 is 15.7 Å². The summed E-state index contributed by atoms with van der Waals surface area (Å²) in [6.45, 7) is 3.74. The molecule has 1 aliphatic rings. The van der Waals surface area contributed by atoms with Crippen molar-refractivity contribution in [2.75, 3.05) is 5.75 Å². The summed E-state index contributed by atoms with van der Waals surface area (Å²) in [5.74, 6) is -2.98. The lowest BCUT2D eigenvalue weighted by atomic mass is 10.2. The van der Waals surface area contributed by atoms with Gasteiger partial charge in [0.15, 0.2) is 9.84 Å². The first-order valence-electron chi connectivity index (χ1n) is 8.25. The molecule has 0 spiro atoms. The van der Waals surface area contributed by atoms with Gasteiger partial charge in [-0.3, -0.25) is 9.59 Å². The molecule has 1 saturated heterocycles. The van der Waals surface area contributed by atoms with Crippen molar-refractivity contribution in [2.24, 2.45) is 0 Å². The first kappa shape index (κ1) is 20.4. The van der Waals surface area contributed by atoms with Crippen molar-refractivity contribution in [2.45, 2.75) is 69.7 Å². The van der Waals surface area contributed by atoms with Crippen molar-refractivity contribution in [1.82, 2.24) is 10.6 Å². The van der Waals surface area contributed by atoms with Gasteiger partial charge in [0.05, 0.1) is 11.0 Å². The monoisotopic (exact) mass is 362 g/mol. The quantitative estimate of drug-likeness (QED) is 0.510. The van der Waals surface area contributed by atoms with Crippen LogP contribution in [0.3, 0.4) is 0 Å². The van der Waals surface area contributed by atoms with Crippen LogP contribution in [-0.2, 0) is 24.2 Å². The Kier molecular flexibility index (Phi) is 7.65. The molecule has 2 atom stereocenters. The molecule has 1 aliphatic heterocycles. The van der Waals surface area contributed by atoms with Crippen LogP contribution in [0.2, 0.25) is 0 Å². The van der Waals surface area contributed by atoms with Crippen LogP contribution in [0.1, 0.15) is 52.4 Å². The van der Waals surface area contributed by atoms with Crippen molar-refractivity contribution in [3.63, 3.8) is 0 Å². The fourth-order valence-electron chi connectivity index (χ4n) is 2.77. The second kappa shape index (κ2) is 9.00. The molecule has 1 heterocycles. The minimum absolute atomic E-state index is 0.198. The topological polar surface area (TPSA) is 130 Å². The van der Waals surface area contributed by atoms with E-state index in [0.29, 0.717) is 25.7 Å². The molecular formula is C15H26N2O6S. The number of hydrogen-bond acceptors (Lipinski definition) is 5. The van der Waals surface area contributed by atoms with Crippen molar-refractivity contribution in [3.8, 4) is 0 Å². The lowest BCUT2D eigenvalue weighted by Crippen LogP contribution is -2.52. The normalized spacial score (nSPS) is 19.1. The average Bonchev–Trinajstić information content (AvgIpc) is 2.92. The molecule has 138 valence electrons. The van der Waals surface area contributed by atoms with Crippen LogP contribution in [0.4, 0.5) is 0 Å². The highest BCUT2D eigenvalue weighted by atomic mass is 32.2. The Morgan fingerprint density at radius 2 is 1.88 bits per heavy atom. The zero-order chi connectivity index (χ0) is 18.3. The number of nitrogens with one attached hydrogen (secondary N) is 2. The van der Waals surface area contributed by atoms with Crippen molar-refractivity contribution >= 4 is 27.6 Å². The van der Waals surface area contributed by atoms with Gasteiger partial charge in [-0.2, -0.15) is 0 Å². The highest BCUT2D eigenvalue weighted by molar-refractivity contribution is 7.92. The molecule has 0 saturated carbocycles. The summed E-state index contributed by atoms with van der Waals surface area (Å²) in [5, 5.41) is 13.3. The van der Waals surface area contributed by atoms with E-state index in [1.165, 1.54) is 0 Å². The predicted octanol–water partition coefficient (Wildman–Crippen LogP) is 0.218. The molecule has 0 aromatic carbocycles. The molecule has 1 rings (SSSR count). The molecule has 0 aromatic rings. The number of aliphatic carboxylic acids is 1. The highest BCUT2D eigenvalue weighted by Crippen LogP contribution is 2.17. The summed E-state index contributed by atoms with van der Waals surface area (Å²) in [6, 6.07) is -2.32. The summed E-state index contributed by atoms with van der Waals surface area (Å²) >= 11 is 0. The summed E-state index contributed by atoms with van der Waals surface area (Å²) < 4.78 is 25.0. The van der Waals surface area contributed by atoms with Crippen molar-refractivity contribution in [1.29, 1.82) is 0 Å². The van der Waals surface area contributed by atoms with Gasteiger partial charge in [-0.1, -0.05) is 26.7 Å². The van der Waals surface area contributed by atoms with Crippen LogP contribution in [0.25, 0.3) is 0 Å². The summed E-state index contributed by atoms with van der Waals surface area (Å²) in [4.78, 5) is 34.5. The Balaban J connectivity index is 2.78. The zero-order valence-electron chi connectivity index (χ0n) is 14.1. The number of carbonyl (C=O) groups excluding carboxylic acids is 2. The molecule has 3 N–H and O–H groups in total.